The zero-order valence-electron chi connectivity index (χ0n) is 14.9. The lowest BCUT2D eigenvalue weighted by molar-refractivity contribution is 0.0600. The number of nitrogens with one attached hydrogen (secondary N) is 1. The average Bonchev–Trinajstić information content (AvgIpc) is 3.31. The summed E-state index contributed by atoms with van der Waals surface area (Å²) in [6.45, 7) is 1.75. The van der Waals surface area contributed by atoms with Crippen molar-refractivity contribution in [3.05, 3.63) is 53.5 Å². The number of amides is 1. The SMILES string of the molecule is O=C(c1cc2n(n1)CCCC2)N1CCCCC1c1cc2ccccc2[nH]1. The van der Waals surface area contributed by atoms with Gasteiger partial charge in [-0.2, -0.15) is 5.10 Å². The summed E-state index contributed by atoms with van der Waals surface area (Å²) < 4.78 is 2.03. The largest absolute Gasteiger partial charge is 0.357 e. The van der Waals surface area contributed by atoms with Crippen molar-refractivity contribution in [2.45, 2.75) is 51.1 Å². The number of hydrogen-bond acceptors (Lipinski definition) is 2. The van der Waals surface area contributed by atoms with Gasteiger partial charge in [-0.05, 0) is 62.1 Å². The van der Waals surface area contributed by atoms with Gasteiger partial charge in [-0.3, -0.25) is 9.48 Å². The molecule has 2 aliphatic rings. The number of aromatic amines is 1. The van der Waals surface area contributed by atoms with Crippen molar-refractivity contribution in [3.8, 4) is 0 Å². The number of nitrogens with zero attached hydrogens (tertiary/aromatic N) is 3. The first kappa shape index (κ1) is 15.7. The number of likely N-dealkylation sites (tertiary alicyclic amines) is 1. The molecule has 3 aromatic rings. The second-order valence-corrected chi connectivity index (χ2v) is 7.52. The third-order valence-electron chi connectivity index (χ3n) is 5.81. The topological polar surface area (TPSA) is 53.9 Å². The Morgan fingerprint density at radius 3 is 2.85 bits per heavy atom. The molecule has 5 rings (SSSR count). The number of aryl methyl sites for hydroxylation is 2. The van der Waals surface area contributed by atoms with E-state index in [0.29, 0.717) is 5.69 Å². The van der Waals surface area contributed by atoms with Gasteiger partial charge >= 0.3 is 0 Å². The first-order valence-corrected chi connectivity index (χ1v) is 9.75. The summed E-state index contributed by atoms with van der Waals surface area (Å²) in [5.41, 5.74) is 4.10. The van der Waals surface area contributed by atoms with E-state index in [4.69, 9.17) is 0 Å². The predicted molar refractivity (Wildman–Crippen MR) is 101 cm³/mol. The fourth-order valence-electron chi connectivity index (χ4n) is 4.44. The van der Waals surface area contributed by atoms with E-state index in [-0.39, 0.29) is 11.9 Å². The monoisotopic (exact) mass is 348 g/mol. The van der Waals surface area contributed by atoms with Gasteiger partial charge in [-0.1, -0.05) is 18.2 Å². The average molecular weight is 348 g/mol. The maximum Gasteiger partial charge on any atom is 0.274 e. The van der Waals surface area contributed by atoms with E-state index in [1.54, 1.807) is 0 Å². The Morgan fingerprint density at radius 2 is 1.96 bits per heavy atom. The number of piperidine rings is 1. The minimum atomic E-state index is 0.0789. The maximum atomic E-state index is 13.3. The summed E-state index contributed by atoms with van der Waals surface area (Å²) in [5.74, 6) is 0.0789. The molecule has 1 amide bonds. The van der Waals surface area contributed by atoms with Crippen LogP contribution in [0.15, 0.2) is 36.4 Å². The standard InChI is InChI=1S/C21H24N4O/c26-21(19-14-16-8-3-6-12-25(16)23-19)24-11-5-4-10-20(24)18-13-15-7-1-2-9-17(15)22-18/h1-2,7,9,13-14,20,22H,3-6,8,10-12H2. The smallest absolute Gasteiger partial charge is 0.274 e. The first-order chi connectivity index (χ1) is 12.8. The van der Waals surface area contributed by atoms with Gasteiger partial charge in [-0.25, -0.2) is 0 Å². The molecule has 2 aliphatic heterocycles. The molecule has 5 nitrogen and oxygen atoms in total. The fraction of sp³-hybridized carbons (Fsp3) is 0.429. The van der Waals surface area contributed by atoms with Crippen LogP contribution in [0.5, 0.6) is 0 Å². The molecule has 1 aromatic carbocycles. The molecule has 1 N–H and O–H groups in total. The number of hydrogen-bond donors (Lipinski definition) is 1. The van der Waals surface area contributed by atoms with Gasteiger partial charge in [0.05, 0.1) is 6.04 Å². The van der Waals surface area contributed by atoms with Crippen molar-refractivity contribution in [3.63, 3.8) is 0 Å². The Morgan fingerprint density at radius 1 is 1.08 bits per heavy atom. The second-order valence-electron chi connectivity index (χ2n) is 7.52. The van der Waals surface area contributed by atoms with Crippen molar-refractivity contribution in [1.29, 1.82) is 0 Å². The van der Waals surface area contributed by atoms with Crippen molar-refractivity contribution < 1.29 is 4.79 Å². The summed E-state index contributed by atoms with van der Waals surface area (Å²) in [5, 5.41) is 5.82. The van der Waals surface area contributed by atoms with Crippen LogP contribution >= 0.6 is 0 Å². The molecule has 0 radical (unpaired) electrons. The Bertz CT molecular complexity index is 897. The van der Waals surface area contributed by atoms with Gasteiger partial charge in [0.25, 0.3) is 5.91 Å². The second kappa shape index (κ2) is 6.31. The van der Waals surface area contributed by atoms with E-state index in [9.17, 15) is 4.79 Å². The molecule has 2 aromatic heterocycles. The molecule has 5 heteroatoms. The van der Waals surface area contributed by atoms with Crippen LogP contribution in [0.3, 0.4) is 0 Å². The van der Waals surface area contributed by atoms with Crippen LogP contribution in [0.2, 0.25) is 0 Å². The molecule has 0 aliphatic carbocycles. The number of carbonyl (C=O) groups excluding carboxylic acids is 1. The van der Waals surface area contributed by atoms with Gasteiger partial charge in [-0.15, -0.1) is 0 Å². The zero-order valence-corrected chi connectivity index (χ0v) is 14.9. The summed E-state index contributed by atoms with van der Waals surface area (Å²) in [6.07, 6.45) is 6.61. The minimum absolute atomic E-state index is 0.0789. The minimum Gasteiger partial charge on any atom is -0.357 e. The van der Waals surface area contributed by atoms with Gasteiger partial charge in [0, 0.05) is 30.0 Å². The van der Waals surface area contributed by atoms with Crippen molar-refractivity contribution in [2.24, 2.45) is 0 Å². The van der Waals surface area contributed by atoms with E-state index in [2.05, 4.69) is 34.3 Å². The van der Waals surface area contributed by atoms with Crippen LogP contribution in [0, 0.1) is 0 Å². The Labute approximate surface area is 153 Å². The third kappa shape index (κ3) is 2.62. The van der Waals surface area contributed by atoms with Crippen LogP contribution in [-0.2, 0) is 13.0 Å². The number of para-hydroxylation sites is 1. The number of rotatable bonds is 2. The molecule has 0 spiro atoms. The van der Waals surface area contributed by atoms with Gasteiger partial charge in [0.1, 0.15) is 0 Å². The highest BCUT2D eigenvalue weighted by Gasteiger charge is 2.31. The summed E-state index contributed by atoms with van der Waals surface area (Å²) in [6, 6.07) is 12.6. The molecule has 0 bridgehead atoms. The molecule has 1 unspecified atom stereocenters. The van der Waals surface area contributed by atoms with E-state index < -0.39 is 0 Å². The van der Waals surface area contributed by atoms with Crippen LogP contribution in [-0.4, -0.2) is 32.1 Å². The molecule has 26 heavy (non-hydrogen) atoms. The third-order valence-corrected chi connectivity index (χ3v) is 5.81. The first-order valence-electron chi connectivity index (χ1n) is 9.75. The zero-order chi connectivity index (χ0) is 17.5. The highest BCUT2D eigenvalue weighted by atomic mass is 16.2. The van der Waals surface area contributed by atoms with E-state index in [0.717, 1.165) is 56.4 Å². The number of H-pyrrole nitrogens is 1. The number of fused-ring (bicyclic) bond motifs is 2. The lowest BCUT2D eigenvalue weighted by Gasteiger charge is -2.34. The lowest BCUT2D eigenvalue weighted by atomic mass is 9.98. The molecule has 1 saturated heterocycles. The summed E-state index contributed by atoms with van der Waals surface area (Å²) >= 11 is 0. The van der Waals surface area contributed by atoms with Crippen molar-refractivity contribution >= 4 is 16.8 Å². The number of benzene rings is 1. The van der Waals surface area contributed by atoms with Gasteiger partial charge in [0.2, 0.25) is 0 Å². The van der Waals surface area contributed by atoms with Crippen LogP contribution in [0.1, 0.15) is 60.0 Å². The molecular formula is C21H24N4O. The quantitative estimate of drug-likeness (QED) is 0.759. The lowest BCUT2D eigenvalue weighted by Crippen LogP contribution is -2.39. The molecule has 1 atom stereocenters. The highest BCUT2D eigenvalue weighted by molar-refractivity contribution is 5.93. The molecule has 4 heterocycles. The Balaban J connectivity index is 1.47. The molecule has 0 saturated carbocycles. The highest BCUT2D eigenvalue weighted by Crippen LogP contribution is 2.33. The summed E-state index contributed by atoms with van der Waals surface area (Å²) in [7, 11) is 0. The molecule has 134 valence electrons. The maximum absolute atomic E-state index is 13.3. The summed E-state index contributed by atoms with van der Waals surface area (Å²) in [4.78, 5) is 18.8. The van der Waals surface area contributed by atoms with E-state index >= 15 is 0 Å². The number of carbonyl (C=O) groups is 1. The van der Waals surface area contributed by atoms with E-state index in [1.165, 1.54) is 17.5 Å². The van der Waals surface area contributed by atoms with Crippen LogP contribution in [0.4, 0.5) is 0 Å². The van der Waals surface area contributed by atoms with Crippen LogP contribution in [0.25, 0.3) is 10.9 Å². The van der Waals surface area contributed by atoms with E-state index in [1.807, 2.05) is 21.7 Å². The normalized spacial score (nSPS) is 20.3. The van der Waals surface area contributed by atoms with Crippen molar-refractivity contribution in [2.75, 3.05) is 6.54 Å². The van der Waals surface area contributed by atoms with Crippen molar-refractivity contribution in [1.82, 2.24) is 19.7 Å². The Kier molecular flexibility index (Phi) is 3.80. The number of aromatic nitrogens is 3. The predicted octanol–water partition coefficient (Wildman–Crippen LogP) is 4.07. The molecular weight excluding hydrogens is 324 g/mol. The van der Waals surface area contributed by atoms with Gasteiger partial charge < -0.3 is 9.88 Å². The van der Waals surface area contributed by atoms with Gasteiger partial charge in [0.15, 0.2) is 5.69 Å². The fourth-order valence-corrected chi connectivity index (χ4v) is 4.44. The molecule has 1 fully saturated rings. The Hall–Kier alpha value is -2.56. The van der Waals surface area contributed by atoms with Crippen LogP contribution < -0.4 is 0 Å².